The topological polar surface area (TPSA) is 0 Å². The maximum Gasteiger partial charge on any atom is 0.0162 e. The van der Waals surface area contributed by atoms with Gasteiger partial charge in [-0.05, 0) is 122 Å². The molecule has 0 aliphatic heterocycles. The summed E-state index contributed by atoms with van der Waals surface area (Å²) in [6, 6.07) is 42.0. The average Bonchev–Trinajstić information content (AvgIpc) is 3.57. The highest BCUT2D eigenvalue weighted by Gasteiger charge is 2.47. The molecule has 11 rings (SSSR count). The summed E-state index contributed by atoms with van der Waals surface area (Å²) in [5.74, 6) is 0. The van der Waals surface area contributed by atoms with E-state index in [0.717, 1.165) is 0 Å². The number of fused-ring (bicyclic) bond motifs is 12. The summed E-state index contributed by atoms with van der Waals surface area (Å²) in [6.07, 6.45) is 0. The van der Waals surface area contributed by atoms with Crippen LogP contribution in [0.15, 0.2) is 109 Å². The van der Waals surface area contributed by atoms with Crippen molar-refractivity contribution in [1.29, 1.82) is 0 Å². The van der Waals surface area contributed by atoms with Gasteiger partial charge in [-0.15, -0.1) is 0 Å². The van der Waals surface area contributed by atoms with Crippen molar-refractivity contribution in [2.24, 2.45) is 0 Å². The van der Waals surface area contributed by atoms with Gasteiger partial charge >= 0.3 is 0 Å². The molecule has 3 aliphatic carbocycles. The molecule has 0 fully saturated rings. The summed E-state index contributed by atoms with van der Waals surface area (Å²) in [5.41, 5.74) is 16.9. The van der Waals surface area contributed by atoms with Gasteiger partial charge in [0.15, 0.2) is 0 Å². The molecule has 0 heterocycles. The van der Waals surface area contributed by atoms with Crippen molar-refractivity contribution in [3.05, 3.63) is 131 Å². The van der Waals surface area contributed by atoms with Crippen LogP contribution in [0.5, 0.6) is 0 Å². The lowest BCUT2D eigenvalue weighted by Gasteiger charge is -2.31. The van der Waals surface area contributed by atoms with Crippen molar-refractivity contribution >= 4 is 43.1 Å². The fourth-order valence-corrected chi connectivity index (χ4v) is 9.84. The fourth-order valence-electron chi connectivity index (χ4n) is 9.84. The van der Waals surface area contributed by atoms with Crippen molar-refractivity contribution in [3.8, 4) is 44.5 Å². The Bertz CT molecular complexity index is 2630. The second-order valence-corrected chi connectivity index (χ2v) is 14.4. The molecule has 8 aromatic rings. The molecular weight excluding hydrogens is 528 g/mol. The molecule has 0 atom stereocenters. The van der Waals surface area contributed by atoms with E-state index >= 15 is 0 Å². The summed E-state index contributed by atoms with van der Waals surface area (Å²) in [4.78, 5) is 0. The van der Waals surface area contributed by atoms with E-state index in [9.17, 15) is 0 Å². The molecule has 8 aromatic carbocycles. The van der Waals surface area contributed by atoms with Crippen molar-refractivity contribution in [3.63, 3.8) is 0 Å². The van der Waals surface area contributed by atoms with E-state index in [1.807, 2.05) is 0 Å². The third-order valence-electron chi connectivity index (χ3n) is 11.7. The molecule has 0 aromatic heterocycles. The third kappa shape index (κ3) is 2.42. The Labute approximate surface area is 256 Å². The first-order valence-corrected chi connectivity index (χ1v) is 16.0. The van der Waals surface area contributed by atoms with Crippen molar-refractivity contribution in [2.75, 3.05) is 0 Å². The van der Waals surface area contributed by atoms with Gasteiger partial charge in [-0.2, -0.15) is 0 Å². The molecule has 3 aliphatic rings. The lowest BCUT2D eigenvalue weighted by Crippen LogP contribution is -2.24. The minimum atomic E-state index is -0.125. The molecule has 44 heavy (non-hydrogen) atoms. The number of hydrogen-bond acceptors (Lipinski definition) is 0. The standard InChI is InChI=1S/C44H30/c1-43(2)34-21-25-16-15-23-9-7-10-24-17-18-30(37(25)36(23)24)40(34)32-20-19-31-39-29-14-8-13-28-26-11-5-6-12-27(26)33(38(28)29)22-35(39)44(3,4)42(31)41(32)43/h5-22H,1-4H3. The Hall–Kier alpha value is -4.94. The van der Waals surface area contributed by atoms with Crippen molar-refractivity contribution in [2.45, 2.75) is 38.5 Å². The Morgan fingerprint density at radius 3 is 1.61 bits per heavy atom. The van der Waals surface area contributed by atoms with Crippen LogP contribution in [-0.4, -0.2) is 0 Å². The van der Waals surface area contributed by atoms with Gasteiger partial charge in [0.2, 0.25) is 0 Å². The van der Waals surface area contributed by atoms with Crippen LogP contribution >= 0.6 is 0 Å². The molecule has 206 valence electrons. The van der Waals surface area contributed by atoms with Crippen LogP contribution in [0.3, 0.4) is 0 Å². The van der Waals surface area contributed by atoms with Crippen LogP contribution in [0.4, 0.5) is 0 Å². The fraction of sp³-hybridized carbons (Fsp3) is 0.136. The Balaban J connectivity index is 1.26. The summed E-state index contributed by atoms with van der Waals surface area (Å²) in [6.45, 7) is 9.88. The van der Waals surface area contributed by atoms with Gasteiger partial charge in [0, 0.05) is 10.8 Å². The first kappa shape index (κ1) is 23.5. The van der Waals surface area contributed by atoms with Crippen LogP contribution in [-0.2, 0) is 10.8 Å². The number of hydrogen-bond donors (Lipinski definition) is 0. The monoisotopic (exact) mass is 558 g/mol. The van der Waals surface area contributed by atoms with E-state index in [1.165, 1.54) is 110 Å². The zero-order chi connectivity index (χ0) is 29.3. The van der Waals surface area contributed by atoms with Gasteiger partial charge < -0.3 is 0 Å². The molecule has 0 unspecified atom stereocenters. The van der Waals surface area contributed by atoms with Crippen LogP contribution in [0.1, 0.15) is 49.9 Å². The summed E-state index contributed by atoms with van der Waals surface area (Å²) in [5, 5.41) is 11.0. The maximum atomic E-state index is 2.54. The highest BCUT2D eigenvalue weighted by Crippen LogP contribution is 2.63. The SMILES string of the molecule is CC1(C)c2cc3c4c(cccc4c2-c2ccc4c(c21)C(C)(C)c1cc2ccc5cccc6ccc(c1-4)c2c56)-c1ccccc1-3. The van der Waals surface area contributed by atoms with Gasteiger partial charge in [0.05, 0.1) is 0 Å². The predicted octanol–water partition coefficient (Wildman–Crippen LogP) is 12.0. The van der Waals surface area contributed by atoms with Gasteiger partial charge in [-0.3, -0.25) is 0 Å². The smallest absolute Gasteiger partial charge is 0.0162 e. The van der Waals surface area contributed by atoms with E-state index in [1.54, 1.807) is 0 Å². The van der Waals surface area contributed by atoms with Crippen LogP contribution in [0.25, 0.3) is 87.6 Å². The summed E-state index contributed by atoms with van der Waals surface area (Å²) in [7, 11) is 0. The molecule has 0 amide bonds. The molecule has 0 radical (unpaired) electrons. The highest BCUT2D eigenvalue weighted by atomic mass is 14.5. The summed E-state index contributed by atoms with van der Waals surface area (Å²) >= 11 is 0. The largest absolute Gasteiger partial charge is 0.0616 e. The molecule has 0 saturated carbocycles. The number of benzene rings is 8. The molecule has 0 bridgehead atoms. The van der Waals surface area contributed by atoms with E-state index in [4.69, 9.17) is 0 Å². The first-order chi connectivity index (χ1) is 21.4. The van der Waals surface area contributed by atoms with Gasteiger partial charge in [0.25, 0.3) is 0 Å². The quantitative estimate of drug-likeness (QED) is 0.162. The predicted molar refractivity (Wildman–Crippen MR) is 187 cm³/mol. The number of rotatable bonds is 0. The minimum Gasteiger partial charge on any atom is -0.0616 e. The molecule has 0 spiro atoms. The molecule has 0 saturated heterocycles. The van der Waals surface area contributed by atoms with Crippen LogP contribution in [0, 0.1) is 0 Å². The first-order valence-electron chi connectivity index (χ1n) is 16.0. The van der Waals surface area contributed by atoms with Crippen LogP contribution < -0.4 is 0 Å². The zero-order valence-electron chi connectivity index (χ0n) is 25.4. The zero-order valence-corrected chi connectivity index (χ0v) is 25.4. The van der Waals surface area contributed by atoms with Gasteiger partial charge in [-0.1, -0.05) is 125 Å². The Kier molecular flexibility index (Phi) is 3.86. The molecule has 0 heteroatoms. The second kappa shape index (κ2) is 7.22. The minimum absolute atomic E-state index is 0.118. The lowest BCUT2D eigenvalue weighted by atomic mass is 9.72. The second-order valence-electron chi connectivity index (χ2n) is 14.4. The maximum absolute atomic E-state index is 2.54. The van der Waals surface area contributed by atoms with E-state index in [2.05, 4.69) is 137 Å². The third-order valence-corrected chi connectivity index (χ3v) is 11.7. The van der Waals surface area contributed by atoms with Gasteiger partial charge in [0.1, 0.15) is 0 Å². The van der Waals surface area contributed by atoms with Crippen LogP contribution in [0.2, 0.25) is 0 Å². The average molecular weight is 559 g/mol. The Morgan fingerprint density at radius 1 is 0.364 bits per heavy atom. The normalized spacial score (nSPS) is 16.1. The molecule has 0 nitrogen and oxygen atoms in total. The molecular formula is C44H30. The van der Waals surface area contributed by atoms with Gasteiger partial charge in [-0.25, -0.2) is 0 Å². The Morgan fingerprint density at radius 2 is 0.909 bits per heavy atom. The highest BCUT2D eigenvalue weighted by molar-refractivity contribution is 6.27. The lowest BCUT2D eigenvalue weighted by molar-refractivity contribution is 0.602. The molecule has 0 N–H and O–H groups in total. The van der Waals surface area contributed by atoms with Crippen molar-refractivity contribution in [1.82, 2.24) is 0 Å². The van der Waals surface area contributed by atoms with E-state index in [0.29, 0.717) is 0 Å². The van der Waals surface area contributed by atoms with E-state index in [-0.39, 0.29) is 10.8 Å². The summed E-state index contributed by atoms with van der Waals surface area (Å²) < 4.78 is 0. The van der Waals surface area contributed by atoms with Crippen molar-refractivity contribution < 1.29 is 0 Å². The van der Waals surface area contributed by atoms with E-state index < -0.39 is 0 Å².